The number of rotatable bonds is 2. The van der Waals surface area contributed by atoms with Crippen LogP contribution >= 0.6 is 0 Å². The molecule has 0 aliphatic carbocycles. The molecule has 0 radical (unpaired) electrons. The van der Waals surface area contributed by atoms with E-state index in [0.717, 1.165) is 5.56 Å². The molecule has 4 N–H and O–H groups in total. The van der Waals surface area contributed by atoms with Crippen molar-refractivity contribution in [1.29, 1.82) is 0 Å². The van der Waals surface area contributed by atoms with Gasteiger partial charge in [0.15, 0.2) is 5.65 Å². The summed E-state index contributed by atoms with van der Waals surface area (Å²) in [4.78, 5) is 22.6. The third kappa shape index (κ3) is 1.78. The molecule has 0 atom stereocenters. The van der Waals surface area contributed by atoms with E-state index in [2.05, 4.69) is 20.1 Å². The van der Waals surface area contributed by atoms with Crippen molar-refractivity contribution >= 4 is 28.6 Å². The number of pyridine rings is 1. The molecule has 0 aliphatic rings. The maximum Gasteiger partial charge on any atom is 0.335 e. The van der Waals surface area contributed by atoms with Gasteiger partial charge in [0.1, 0.15) is 0 Å². The predicted molar refractivity (Wildman–Crippen MR) is 79.4 cm³/mol. The van der Waals surface area contributed by atoms with Crippen LogP contribution in [0.4, 0.5) is 5.95 Å². The van der Waals surface area contributed by atoms with Crippen molar-refractivity contribution in [2.75, 3.05) is 5.73 Å². The third-order valence-electron chi connectivity index (χ3n) is 3.44. The number of aromatic carboxylic acids is 1. The number of H-pyrrole nitrogens is 1. The molecule has 22 heavy (non-hydrogen) atoms. The highest BCUT2D eigenvalue weighted by Gasteiger charge is 2.13. The van der Waals surface area contributed by atoms with Gasteiger partial charge in [-0.1, -0.05) is 0 Å². The Kier molecular flexibility index (Phi) is 2.40. The molecule has 4 rings (SSSR count). The largest absolute Gasteiger partial charge is 0.478 e. The summed E-state index contributed by atoms with van der Waals surface area (Å²) in [6, 6.07) is 6.76. The van der Waals surface area contributed by atoms with Gasteiger partial charge in [-0.2, -0.15) is 4.98 Å². The van der Waals surface area contributed by atoms with Crippen molar-refractivity contribution in [2.45, 2.75) is 0 Å². The summed E-state index contributed by atoms with van der Waals surface area (Å²) in [5.41, 5.74) is 9.21. The zero-order chi connectivity index (χ0) is 15.3. The maximum absolute atomic E-state index is 11.3. The summed E-state index contributed by atoms with van der Waals surface area (Å²) < 4.78 is 1.56. The predicted octanol–water partition coefficient (Wildman–Crippen LogP) is 1.55. The quantitative estimate of drug-likeness (QED) is 0.515. The standard InChI is InChI=1S/C14H10N6O2/c15-14-18-11-5-7(1-2-20(11)19-14)9-3-8(13(21)22)4-10-12(9)17-6-16-10/h1-6H,(H2,15,19)(H,16,17)(H,21,22). The number of nitrogen functional groups attached to an aromatic ring is 1. The lowest BCUT2D eigenvalue weighted by molar-refractivity contribution is 0.0697. The Morgan fingerprint density at radius 1 is 1.32 bits per heavy atom. The van der Waals surface area contributed by atoms with E-state index in [9.17, 15) is 9.90 Å². The van der Waals surface area contributed by atoms with Crippen LogP contribution in [0.15, 0.2) is 36.8 Å². The Balaban J connectivity index is 2.01. The minimum Gasteiger partial charge on any atom is -0.478 e. The Labute approximate surface area is 123 Å². The van der Waals surface area contributed by atoms with Crippen LogP contribution in [0.2, 0.25) is 0 Å². The number of hydrogen-bond acceptors (Lipinski definition) is 5. The number of nitrogens with two attached hydrogens (primary N) is 1. The molecule has 0 saturated carbocycles. The second kappa shape index (κ2) is 4.29. The molecule has 3 aromatic heterocycles. The zero-order valence-corrected chi connectivity index (χ0v) is 11.2. The topological polar surface area (TPSA) is 122 Å². The molecule has 0 amide bonds. The molecular weight excluding hydrogens is 284 g/mol. The maximum atomic E-state index is 11.3. The molecule has 0 saturated heterocycles. The Morgan fingerprint density at radius 2 is 2.18 bits per heavy atom. The van der Waals surface area contributed by atoms with Crippen molar-refractivity contribution in [3.63, 3.8) is 0 Å². The molecule has 0 bridgehead atoms. The van der Waals surface area contributed by atoms with E-state index in [4.69, 9.17) is 5.73 Å². The van der Waals surface area contributed by atoms with Crippen molar-refractivity contribution in [1.82, 2.24) is 24.6 Å². The molecule has 8 heteroatoms. The number of aromatic amines is 1. The molecule has 0 spiro atoms. The Hall–Kier alpha value is -3.42. The molecule has 3 heterocycles. The molecule has 0 fully saturated rings. The van der Waals surface area contributed by atoms with Crippen LogP contribution in [0.25, 0.3) is 27.8 Å². The minimum absolute atomic E-state index is 0.182. The fourth-order valence-corrected chi connectivity index (χ4v) is 2.46. The number of nitrogens with one attached hydrogen (secondary N) is 1. The molecule has 108 valence electrons. The number of carbonyl (C=O) groups is 1. The normalized spacial score (nSPS) is 11.3. The van der Waals surface area contributed by atoms with Crippen LogP contribution in [-0.4, -0.2) is 35.6 Å². The van der Waals surface area contributed by atoms with Crippen LogP contribution in [-0.2, 0) is 0 Å². The number of fused-ring (bicyclic) bond motifs is 2. The number of carboxylic acids is 1. The second-order valence-electron chi connectivity index (χ2n) is 4.82. The van der Waals surface area contributed by atoms with E-state index in [0.29, 0.717) is 22.2 Å². The lowest BCUT2D eigenvalue weighted by Gasteiger charge is -2.05. The van der Waals surface area contributed by atoms with Crippen molar-refractivity contribution in [2.24, 2.45) is 0 Å². The highest BCUT2D eigenvalue weighted by Crippen LogP contribution is 2.29. The van der Waals surface area contributed by atoms with Gasteiger partial charge in [0, 0.05) is 11.8 Å². The average Bonchev–Trinajstić information content (AvgIpc) is 3.09. The first-order chi connectivity index (χ1) is 10.6. The van der Waals surface area contributed by atoms with E-state index in [1.807, 2.05) is 6.07 Å². The van der Waals surface area contributed by atoms with Gasteiger partial charge in [-0.3, -0.25) is 0 Å². The Morgan fingerprint density at radius 3 is 3.00 bits per heavy atom. The molecule has 0 aliphatic heterocycles. The number of hydrogen-bond donors (Lipinski definition) is 3. The Bertz CT molecular complexity index is 1030. The van der Waals surface area contributed by atoms with Gasteiger partial charge in [-0.15, -0.1) is 5.10 Å². The first-order valence-electron chi connectivity index (χ1n) is 6.44. The smallest absolute Gasteiger partial charge is 0.335 e. The second-order valence-corrected chi connectivity index (χ2v) is 4.82. The van der Waals surface area contributed by atoms with E-state index >= 15 is 0 Å². The summed E-state index contributed by atoms with van der Waals surface area (Å²) >= 11 is 0. The lowest BCUT2D eigenvalue weighted by atomic mass is 10.0. The van der Waals surface area contributed by atoms with Crippen LogP contribution in [0, 0.1) is 0 Å². The molecule has 8 nitrogen and oxygen atoms in total. The monoisotopic (exact) mass is 294 g/mol. The SMILES string of the molecule is Nc1nc2cc(-c3cc(C(=O)O)cc4[nH]cnc34)ccn2n1. The fourth-order valence-electron chi connectivity index (χ4n) is 2.46. The fraction of sp³-hybridized carbons (Fsp3) is 0. The highest BCUT2D eigenvalue weighted by molar-refractivity contribution is 5.99. The summed E-state index contributed by atoms with van der Waals surface area (Å²) in [5.74, 6) is -0.813. The molecule has 1 aromatic carbocycles. The summed E-state index contributed by atoms with van der Waals surface area (Å²) in [7, 11) is 0. The van der Waals surface area contributed by atoms with Crippen molar-refractivity contribution in [3.8, 4) is 11.1 Å². The zero-order valence-electron chi connectivity index (χ0n) is 11.2. The van der Waals surface area contributed by atoms with Crippen molar-refractivity contribution < 1.29 is 9.90 Å². The van der Waals surface area contributed by atoms with Crippen LogP contribution in [0.1, 0.15) is 10.4 Å². The van der Waals surface area contributed by atoms with E-state index in [-0.39, 0.29) is 11.5 Å². The summed E-state index contributed by atoms with van der Waals surface area (Å²) in [6.45, 7) is 0. The van der Waals surface area contributed by atoms with Crippen LogP contribution in [0.3, 0.4) is 0 Å². The van der Waals surface area contributed by atoms with Gasteiger partial charge < -0.3 is 15.8 Å². The average molecular weight is 294 g/mol. The van der Waals surface area contributed by atoms with E-state index in [1.165, 1.54) is 6.33 Å². The number of carboxylic acid groups (broad SMARTS) is 1. The minimum atomic E-state index is -0.995. The van der Waals surface area contributed by atoms with Gasteiger partial charge in [0.05, 0.1) is 22.9 Å². The number of benzene rings is 1. The van der Waals surface area contributed by atoms with E-state index in [1.54, 1.807) is 28.9 Å². The van der Waals surface area contributed by atoms with Gasteiger partial charge in [-0.25, -0.2) is 14.3 Å². The summed E-state index contributed by atoms with van der Waals surface area (Å²) in [6.07, 6.45) is 3.26. The number of anilines is 1. The van der Waals surface area contributed by atoms with E-state index < -0.39 is 5.97 Å². The van der Waals surface area contributed by atoms with Crippen LogP contribution < -0.4 is 5.73 Å². The first-order valence-corrected chi connectivity index (χ1v) is 6.44. The van der Waals surface area contributed by atoms with Gasteiger partial charge in [0.2, 0.25) is 5.95 Å². The molecule has 4 aromatic rings. The van der Waals surface area contributed by atoms with Crippen LogP contribution in [0.5, 0.6) is 0 Å². The van der Waals surface area contributed by atoms with Crippen molar-refractivity contribution in [3.05, 3.63) is 42.4 Å². The van der Waals surface area contributed by atoms with Gasteiger partial charge in [-0.05, 0) is 29.8 Å². The number of aromatic nitrogens is 5. The number of imidazole rings is 1. The highest BCUT2D eigenvalue weighted by atomic mass is 16.4. The lowest BCUT2D eigenvalue weighted by Crippen LogP contribution is -1.97. The third-order valence-corrected chi connectivity index (χ3v) is 3.44. The number of nitrogens with zero attached hydrogens (tertiary/aromatic N) is 4. The summed E-state index contributed by atoms with van der Waals surface area (Å²) in [5, 5.41) is 13.3. The first kappa shape index (κ1) is 12.3. The van der Waals surface area contributed by atoms with Gasteiger partial charge >= 0.3 is 5.97 Å². The molecular formula is C14H10N6O2. The molecule has 0 unspecified atom stereocenters. The van der Waals surface area contributed by atoms with Gasteiger partial charge in [0.25, 0.3) is 0 Å².